The summed E-state index contributed by atoms with van der Waals surface area (Å²) >= 11 is 0. The van der Waals surface area contributed by atoms with Crippen molar-refractivity contribution in [3.05, 3.63) is 0 Å². The Morgan fingerprint density at radius 2 is 1.73 bits per heavy atom. The van der Waals surface area contributed by atoms with Gasteiger partial charge in [-0.15, -0.1) is 0 Å². The predicted octanol–water partition coefficient (Wildman–Crippen LogP) is 1.09. The number of carbonyl (C=O) groups is 1. The first-order chi connectivity index (χ1) is 4.95. The molecule has 0 amide bonds. The summed E-state index contributed by atoms with van der Waals surface area (Å²) in [6.45, 7) is 7.77. The lowest BCUT2D eigenvalue weighted by Crippen LogP contribution is -2.42. The Hall–Kier alpha value is -0.570. The second-order valence-electron chi connectivity index (χ2n) is 3.26. The van der Waals surface area contributed by atoms with E-state index < -0.39 is 12.0 Å². The fraction of sp³-hybridized carbons (Fsp3) is 0.875. The van der Waals surface area contributed by atoms with Gasteiger partial charge in [0.05, 0.1) is 0 Å². The van der Waals surface area contributed by atoms with Gasteiger partial charge in [-0.3, -0.25) is 4.79 Å². The van der Waals surface area contributed by atoms with Gasteiger partial charge in [0.25, 0.3) is 0 Å². The molecule has 0 aromatic heterocycles. The van der Waals surface area contributed by atoms with Gasteiger partial charge in [0.2, 0.25) is 0 Å². The Kier molecular flexibility index (Phi) is 4.11. The minimum atomic E-state index is -0.794. The number of hydrogen-bond acceptors (Lipinski definition) is 2. The number of carboxylic acids is 1. The molecule has 0 rings (SSSR count). The summed E-state index contributed by atoms with van der Waals surface area (Å²) in [5.41, 5.74) is 0. The smallest absolute Gasteiger partial charge is 0.320 e. The average molecular weight is 159 g/mol. The molecule has 0 saturated heterocycles. The largest absolute Gasteiger partial charge is 0.480 e. The van der Waals surface area contributed by atoms with Gasteiger partial charge in [-0.2, -0.15) is 0 Å². The number of rotatable bonds is 4. The molecule has 11 heavy (non-hydrogen) atoms. The van der Waals surface area contributed by atoms with Crippen molar-refractivity contribution in [2.75, 3.05) is 0 Å². The molecule has 0 heterocycles. The van der Waals surface area contributed by atoms with Gasteiger partial charge >= 0.3 is 5.97 Å². The number of aliphatic carboxylic acids is 1. The Balaban J connectivity index is 3.75. The van der Waals surface area contributed by atoms with Gasteiger partial charge in [-0.1, -0.05) is 13.8 Å². The highest BCUT2D eigenvalue weighted by Gasteiger charge is 2.15. The standard InChI is InChI=1S/C8H17NO2/c1-5(2)6(3)9-7(4)8(10)11/h5-7,9H,1-4H3,(H,10,11)/t6-,7+/m0/s1. The molecule has 0 aliphatic carbocycles. The molecule has 3 heteroatoms. The van der Waals surface area contributed by atoms with Crippen molar-refractivity contribution in [1.29, 1.82) is 0 Å². The molecule has 0 radical (unpaired) electrons. The van der Waals surface area contributed by atoms with E-state index in [9.17, 15) is 4.79 Å². The van der Waals surface area contributed by atoms with E-state index in [2.05, 4.69) is 19.2 Å². The molecule has 0 spiro atoms. The van der Waals surface area contributed by atoms with Crippen LogP contribution in [0.5, 0.6) is 0 Å². The lowest BCUT2D eigenvalue weighted by Gasteiger charge is -2.19. The van der Waals surface area contributed by atoms with Crippen LogP contribution in [0.4, 0.5) is 0 Å². The quantitative estimate of drug-likeness (QED) is 0.645. The molecule has 0 aromatic rings. The Morgan fingerprint density at radius 1 is 1.27 bits per heavy atom. The van der Waals surface area contributed by atoms with E-state index in [4.69, 9.17) is 5.11 Å². The molecule has 0 bridgehead atoms. The highest BCUT2D eigenvalue weighted by Crippen LogP contribution is 2.00. The molecule has 66 valence electrons. The SMILES string of the molecule is CC(C)[C@H](C)N[C@H](C)C(=O)O. The van der Waals surface area contributed by atoms with Crippen molar-refractivity contribution in [2.45, 2.75) is 39.8 Å². The molecule has 0 aliphatic rings. The Morgan fingerprint density at radius 3 is 2.00 bits per heavy atom. The number of hydrogen-bond donors (Lipinski definition) is 2. The van der Waals surface area contributed by atoms with Gasteiger partial charge in [-0.25, -0.2) is 0 Å². The maximum Gasteiger partial charge on any atom is 0.320 e. The van der Waals surface area contributed by atoms with Crippen LogP contribution >= 0.6 is 0 Å². The fourth-order valence-corrected chi connectivity index (χ4v) is 0.658. The summed E-state index contributed by atoms with van der Waals surface area (Å²) in [5.74, 6) is -0.325. The van der Waals surface area contributed by atoms with E-state index in [0.29, 0.717) is 5.92 Å². The maximum absolute atomic E-state index is 10.4. The van der Waals surface area contributed by atoms with Gasteiger partial charge in [-0.05, 0) is 19.8 Å². The first kappa shape index (κ1) is 10.4. The zero-order chi connectivity index (χ0) is 9.02. The molecule has 0 unspecified atom stereocenters. The van der Waals surface area contributed by atoms with Crippen LogP contribution in [0.15, 0.2) is 0 Å². The molecule has 0 aromatic carbocycles. The third kappa shape index (κ3) is 3.98. The maximum atomic E-state index is 10.4. The predicted molar refractivity (Wildman–Crippen MR) is 44.5 cm³/mol. The first-order valence-electron chi connectivity index (χ1n) is 3.94. The van der Waals surface area contributed by atoms with Gasteiger partial charge in [0.15, 0.2) is 0 Å². The topological polar surface area (TPSA) is 49.3 Å². The zero-order valence-corrected chi connectivity index (χ0v) is 7.59. The van der Waals surface area contributed by atoms with Crippen LogP contribution in [0.1, 0.15) is 27.7 Å². The van der Waals surface area contributed by atoms with Crippen molar-refractivity contribution in [3.63, 3.8) is 0 Å². The minimum Gasteiger partial charge on any atom is -0.480 e. The average Bonchev–Trinajstić information content (AvgIpc) is 1.87. The zero-order valence-electron chi connectivity index (χ0n) is 7.59. The van der Waals surface area contributed by atoms with Crippen LogP contribution in [-0.2, 0) is 4.79 Å². The summed E-state index contributed by atoms with van der Waals surface area (Å²) in [6.07, 6.45) is 0. The second kappa shape index (κ2) is 4.34. The summed E-state index contributed by atoms with van der Waals surface area (Å²) in [5, 5.41) is 11.5. The molecule has 0 saturated carbocycles. The minimum absolute atomic E-state index is 0.251. The Bertz CT molecular complexity index is 134. The van der Waals surface area contributed by atoms with E-state index in [1.165, 1.54) is 0 Å². The second-order valence-corrected chi connectivity index (χ2v) is 3.26. The van der Waals surface area contributed by atoms with Gasteiger partial charge in [0, 0.05) is 6.04 Å². The highest BCUT2D eigenvalue weighted by atomic mass is 16.4. The molecule has 2 N–H and O–H groups in total. The van der Waals surface area contributed by atoms with Crippen molar-refractivity contribution < 1.29 is 9.90 Å². The monoisotopic (exact) mass is 159 g/mol. The summed E-state index contributed by atoms with van der Waals surface area (Å²) in [6, 6.07) is -0.200. The number of nitrogens with one attached hydrogen (secondary N) is 1. The Labute approximate surface area is 67.8 Å². The molecule has 2 atom stereocenters. The highest BCUT2D eigenvalue weighted by molar-refractivity contribution is 5.72. The summed E-state index contributed by atoms with van der Waals surface area (Å²) in [7, 11) is 0. The van der Waals surface area contributed by atoms with E-state index in [1.807, 2.05) is 6.92 Å². The van der Waals surface area contributed by atoms with Crippen molar-refractivity contribution in [3.8, 4) is 0 Å². The van der Waals surface area contributed by atoms with Gasteiger partial charge < -0.3 is 10.4 Å². The third-order valence-corrected chi connectivity index (χ3v) is 1.88. The summed E-state index contributed by atoms with van der Waals surface area (Å²) in [4.78, 5) is 10.4. The van der Waals surface area contributed by atoms with Crippen LogP contribution < -0.4 is 5.32 Å². The van der Waals surface area contributed by atoms with Crippen LogP contribution in [0, 0.1) is 5.92 Å². The lowest BCUT2D eigenvalue weighted by atomic mass is 10.1. The van der Waals surface area contributed by atoms with Crippen molar-refractivity contribution in [2.24, 2.45) is 5.92 Å². The molecule has 0 aliphatic heterocycles. The van der Waals surface area contributed by atoms with E-state index in [1.54, 1.807) is 6.92 Å². The third-order valence-electron chi connectivity index (χ3n) is 1.88. The molecule has 0 fully saturated rings. The molecule has 3 nitrogen and oxygen atoms in total. The van der Waals surface area contributed by atoms with Crippen molar-refractivity contribution in [1.82, 2.24) is 5.32 Å². The van der Waals surface area contributed by atoms with E-state index in [-0.39, 0.29) is 6.04 Å². The van der Waals surface area contributed by atoms with Crippen LogP contribution in [-0.4, -0.2) is 23.2 Å². The van der Waals surface area contributed by atoms with Crippen LogP contribution in [0.2, 0.25) is 0 Å². The number of carboxylic acid groups (broad SMARTS) is 1. The van der Waals surface area contributed by atoms with Crippen LogP contribution in [0.3, 0.4) is 0 Å². The van der Waals surface area contributed by atoms with Crippen molar-refractivity contribution >= 4 is 5.97 Å². The van der Waals surface area contributed by atoms with E-state index in [0.717, 1.165) is 0 Å². The van der Waals surface area contributed by atoms with E-state index >= 15 is 0 Å². The summed E-state index contributed by atoms with van der Waals surface area (Å²) < 4.78 is 0. The van der Waals surface area contributed by atoms with Gasteiger partial charge in [0.1, 0.15) is 6.04 Å². The van der Waals surface area contributed by atoms with Crippen LogP contribution in [0.25, 0.3) is 0 Å². The lowest BCUT2D eigenvalue weighted by molar-refractivity contribution is -0.139. The molecular formula is C8H17NO2. The first-order valence-corrected chi connectivity index (χ1v) is 3.94. The fourth-order valence-electron chi connectivity index (χ4n) is 0.658. The molecular weight excluding hydrogens is 142 g/mol. The normalized spacial score (nSPS) is 16.5.